The zero-order chi connectivity index (χ0) is 20.3. The lowest BCUT2D eigenvalue weighted by atomic mass is 10.2. The van der Waals surface area contributed by atoms with Crippen LogP contribution in [0.2, 0.25) is 0 Å². The summed E-state index contributed by atoms with van der Waals surface area (Å²) in [6.07, 6.45) is 0. The summed E-state index contributed by atoms with van der Waals surface area (Å²) in [5.41, 5.74) is 1.25. The van der Waals surface area contributed by atoms with Crippen molar-refractivity contribution in [3.8, 4) is 5.69 Å². The Morgan fingerprint density at radius 2 is 1.68 bits per heavy atom. The smallest absolute Gasteiger partial charge is 0.295 e. The van der Waals surface area contributed by atoms with Gasteiger partial charge in [0.05, 0.1) is 17.9 Å². The van der Waals surface area contributed by atoms with E-state index in [0.717, 1.165) is 12.1 Å². The zero-order valence-corrected chi connectivity index (χ0v) is 15.4. The van der Waals surface area contributed by atoms with Gasteiger partial charge in [0.1, 0.15) is 11.5 Å². The minimum Gasteiger partial charge on any atom is -0.343 e. The molecule has 1 heterocycles. The van der Waals surface area contributed by atoms with Crippen molar-refractivity contribution in [3.63, 3.8) is 0 Å². The number of amides is 2. The van der Waals surface area contributed by atoms with Crippen LogP contribution in [0.4, 0.5) is 10.1 Å². The molecule has 2 N–H and O–H groups in total. The molecule has 0 fully saturated rings. The fourth-order valence-electron chi connectivity index (χ4n) is 2.76. The van der Waals surface area contributed by atoms with Gasteiger partial charge in [-0.2, -0.15) is 0 Å². The van der Waals surface area contributed by atoms with Gasteiger partial charge in [0.25, 0.3) is 11.5 Å². The van der Waals surface area contributed by atoms with Gasteiger partial charge in [-0.15, -0.1) is 0 Å². The summed E-state index contributed by atoms with van der Waals surface area (Å²) in [4.78, 5) is 37.0. The summed E-state index contributed by atoms with van der Waals surface area (Å²) in [5, 5.41) is 5.00. The second kappa shape index (κ2) is 7.91. The van der Waals surface area contributed by atoms with Crippen molar-refractivity contribution >= 4 is 17.5 Å². The molecule has 0 saturated carbocycles. The van der Waals surface area contributed by atoms with Gasteiger partial charge in [0.2, 0.25) is 5.91 Å². The fraction of sp³-hybridized carbons (Fsp3) is 0.150. The van der Waals surface area contributed by atoms with E-state index in [-0.39, 0.29) is 23.4 Å². The second-order valence-electron chi connectivity index (χ2n) is 6.17. The SMILES string of the molecule is Cc1c(NC(=O)CNC(=O)c2ccc(F)cc2)c(=O)n(-c2ccccc2)n1C. The highest BCUT2D eigenvalue weighted by Gasteiger charge is 2.18. The number of halogens is 1. The molecule has 0 spiro atoms. The van der Waals surface area contributed by atoms with E-state index in [9.17, 15) is 18.8 Å². The van der Waals surface area contributed by atoms with Gasteiger partial charge in [0, 0.05) is 12.6 Å². The van der Waals surface area contributed by atoms with Crippen molar-refractivity contribution in [1.82, 2.24) is 14.7 Å². The van der Waals surface area contributed by atoms with Gasteiger partial charge in [-0.1, -0.05) is 18.2 Å². The Hall–Kier alpha value is -3.68. The standard InChI is InChI=1S/C20H19FN4O3/c1-13-18(20(28)25(24(13)2)16-6-4-3-5-7-16)23-17(26)12-22-19(27)14-8-10-15(21)11-9-14/h3-11H,12H2,1-2H3,(H,22,27)(H,23,26). The van der Waals surface area contributed by atoms with Crippen molar-refractivity contribution in [3.05, 3.63) is 82.0 Å². The maximum atomic E-state index is 12.9. The average Bonchev–Trinajstić information content (AvgIpc) is 2.90. The van der Waals surface area contributed by atoms with Crippen LogP contribution in [0.1, 0.15) is 16.1 Å². The van der Waals surface area contributed by atoms with Gasteiger partial charge >= 0.3 is 0 Å². The Labute approximate surface area is 160 Å². The van der Waals surface area contributed by atoms with Crippen LogP contribution in [0.25, 0.3) is 5.69 Å². The molecule has 0 atom stereocenters. The maximum Gasteiger partial charge on any atom is 0.295 e. The Morgan fingerprint density at radius 1 is 1.04 bits per heavy atom. The summed E-state index contributed by atoms with van der Waals surface area (Å²) in [7, 11) is 1.72. The Balaban J connectivity index is 1.72. The van der Waals surface area contributed by atoms with Crippen molar-refractivity contribution in [2.24, 2.45) is 7.05 Å². The molecule has 1 aromatic heterocycles. The zero-order valence-electron chi connectivity index (χ0n) is 15.4. The van der Waals surface area contributed by atoms with Crippen LogP contribution >= 0.6 is 0 Å². The van der Waals surface area contributed by atoms with E-state index in [2.05, 4.69) is 10.6 Å². The van der Waals surface area contributed by atoms with Gasteiger partial charge in [-0.05, 0) is 43.3 Å². The minimum atomic E-state index is -0.540. The second-order valence-corrected chi connectivity index (χ2v) is 6.17. The lowest BCUT2D eigenvalue weighted by Crippen LogP contribution is -2.34. The van der Waals surface area contributed by atoms with Gasteiger partial charge in [0.15, 0.2) is 0 Å². The van der Waals surface area contributed by atoms with Gasteiger partial charge < -0.3 is 10.6 Å². The van der Waals surface area contributed by atoms with E-state index in [0.29, 0.717) is 11.4 Å². The molecular formula is C20H19FN4O3. The normalized spacial score (nSPS) is 10.5. The molecule has 0 radical (unpaired) electrons. The molecule has 144 valence electrons. The minimum absolute atomic E-state index is 0.146. The van der Waals surface area contributed by atoms with E-state index in [1.807, 2.05) is 18.2 Å². The van der Waals surface area contributed by atoms with E-state index in [4.69, 9.17) is 0 Å². The van der Waals surface area contributed by atoms with E-state index in [1.165, 1.54) is 16.8 Å². The lowest BCUT2D eigenvalue weighted by Gasteiger charge is -2.07. The van der Waals surface area contributed by atoms with Crippen molar-refractivity contribution in [2.75, 3.05) is 11.9 Å². The summed E-state index contributed by atoms with van der Waals surface area (Å²) in [5.74, 6) is -1.51. The van der Waals surface area contributed by atoms with Crippen LogP contribution in [-0.2, 0) is 11.8 Å². The lowest BCUT2D eigenvalue weighted by molar-refractivity contribution is -0.115. The molecular weight excluding hydrogens is 363 g/mol. The van der Waals surface area contributed by atoms with Crippen LogP contribution < -0.4 is 16.2 Å². The molecule has 28 heavy (non-hydrogen) atoms. The third-order valence-electron chi connectivity index (χ3n) is 4.33. The molecule has 2 aromatic carbocycles. The van der Waals surface area contributed by atoms with Crippen LogP contribution in [0.5, 0.6) is 0 Å². The Bertz CT molecular complexity index is 1070. The molecule has 0 aliphatic heterocycles. The molecule has 8 heteroatoms. The summed E-state index contributed by atoms with van der Waals surface area (Å²) < 4.78 is 16.0. The quantitative estimate of drug-likeness (QED) is 0.708. The van der Waals surface area contributed by atoms with Crippen molar-refractivity contribution in [1.29, 1.82) is 0 Å². The number of aromatic nitrogens is 2. The first-order chi connectivity index (χ1) is 13.4. The molecule has 0 aliphatic rings. The number of nitrogens with one attached hydrogen (secondary N) is 2. The number of hydrogen-bond donors (Lipinski definition) is 2. The molecule has 3 rings (SSSR count). The van der Waals surface area contributed by atoms with Gasteiger partial charge in [-0.25, -0.2) is 9.07 Å². The Morgan fingerprint density at radius 3 is 2.32 bits per heavy atom. The number of para-hydroxylation sites is 1. The van der Waals surface area contributed by atoms with E-state index < -0.39 is 17.6 Å². The summed E-state index contributed by atoms with van der Waals surface area (Å²) in [6.45, 7) is 1.39. The molecule has 0 unspecified atom stereocenters. The number of hydrogen-bond acceptors (Lipinski definition) is 3. The largest absolute Gasteiger partial charge is 0.343 e. The van der Waals surface area contributed by atoms with Crippen LogP contribution in [0, 0.1) is 12.7 Å². The number of rotatable bonds is 5. The number of anilines is 1. The van der Waals surface area contributed by atoms with E-state index >= 15 is 0 Å². The number of carbonyl (C=O) groups is 2. The third kappa shape index (κ3) is 3.85. The van der Waals surface area contributed by atoms with Crippen molar-refractivity contribution in [2.45, 2.75) is 6.92 Å². The number of carbonyl (C=O) groups excluding carboxylic acids is 2. The molecule has 2 amide bonds. The third-order valence-corrected chi connectivity index (χ3v) is 4.33. The van der Waals surface area contributed by atoms with Crippen molar-refractivity contribution < 1.29 is 14.0 Å². The average molecular weight is 382 g/mol. The fourth-order valence-corrected chi connectivity index (χ4v) is 2.76. The molecule has 0 aliphatic carbocycles. The summed E-state index contributed by atoms with van der Waals surface area (Å²) in [6, 6.07) is 14.0. The predicted molar refractivity (Wildman–Crippen MR) is 103 cm³/mol. The summed E-state index contributed by atoms with van der Waals surface area (Å²) >= 11 is 0. The maximum absolute atomic E-state index is 12.9. The first-order valence-corrected chi connectivity index (χ1v) is 8.56. The van der Waals surface area contributed by atoms with Crippen LogP contribution in [-0.4, -0.2) is 27.7 Å². The Kier molecular flexibility index (Phi) is 5.39. The first-order valence-electron chi connectivity index (χ1n) is 8.56. The molecule has 0 bridgehead atoms. The molecule has 3 aromatic rings. The predicted octanol–water partition coefficient (Wildman–Crippen LogP) is 1.99. The van der Waals surface area contributed by atoms with Crippen LogP contribution in [0.15, 0.2) is 59.4 Å². The number of benzene rings is 2. The topological polar surface area (TPSA) is 85.1 Å². The van der Waals surface area contributed by atoms with E-state index in [1.54, 1.807) is 30.8 Å². The molecule has 0 saturated heterocycles. The molecule has 7 nitrogen and oxygen atoms in total. The first kappa shape index (κ1) is 19.1. The highest BCUT2D eigenvalue weighted by Crippen LogP contribution is 2.13. The number of nitrogens with zero attached hydrogens (tertiary/aromatic N) is 2. The van der Waals surface area contributed by atoms with Crippen LogP contribution in [0.3, 0.4) is 0 Å². The monoisotopic (exact) mass is 382 g/mol. The highest BCUT2D eigenvalue weighted by atomic mass is 19.1. The highest BCUT2D eigenvalue weighted by molar-refractivity contribution is 5.99. The van der Waals surface area contributed by atoms with Gasteiger partial charge in [-0.3, -0.25) is 19.1 Å².